The van der Waals surface area contributed by atoms with Crippen molar-refractivity contribution in [2.45, 2.75) is 23.3 Å². The summed E-state index contributed by atoms with van der Waals surface area (Å²) in [7, 11) is 0. The summed E-state index contributed by atoms with van der Waals surface area (Å²) < 4.78 is 6.35. The fraction of sp³-hybridized carbons (Fsp3) is 0.455. The number of ether oxygens (including phenoxy) is 1. The molecule has 1 fully saturated rings. The Morgan fingerprint density at radius 3 is 2.79 bits per heavy atom. The SMILES string of the molecule is C#C[C@]1(CO)O[C@@H](n2ccc(=O)[nH]c2=O)[C@@H](Cl)[C@@H]1O. The zero-order valence-corrected chi connectivity index (χ0v) is 10.4. The van der Waals surface area contributed by atoms with Crippen LogP contribution in [-0.4, -0.2) is 43.5 Å². The van der Waals surface area contributed by atoms with Crippen molar-refractivity contribution in [1.29, 1.82) is 0 Å². The van der Waals surface area contributed by atoms with E-state index < -0.39 is 41.2 Å². The largest absolute Gasteiger partial charge is 0.392 e. The zero-order valence-electron chi connectivity index (χ0n) is 9.62. The van der Waals surface area contributed by atoms with Crippen molar-refractivity contribution in [3.63, 3.8) is 0 Å². The van der Waals surface area contributed by atoms with E-state index in [1.165, 1.54) is 6.20 Å². The summed E-state index contributed by atoms with van der Waals surface area (Å²) in [4.78, 5) is 24.7. The second kappa shape index (κ2) is 4.83. The smallest absolute Gasteiger partial charge is 0.330 e. The Morgan fingerprint density at radius 2 is 2.32 bits per heavy atom. The molecule has 1 aliphatic rings. The van der Waals surface area contributed by atoms with E-state index >= 15 is 0 Å². The zero-order chi connectivity index (χ0) is 14.2. The van der Waals surface area contributed by atoms with Gasteiger partial charge in [-0.25, -0.2) is 4.79 Å². The summed E-state index contributed by atoms with van der Waals surface area (Å²) in [6, 6.07) is 1.11. The summed E-state index contributed by atoms with van der Waals surface area (Å²) in [6.45, 7) is -0.650. The third-order valence-corrected chi connectivity index (χ3v) is 3.44. The van der Waals surface area contributed by atoms with Gasteiger partial charge in [0, 0.05) is 12.3 Å². The fourth-order valence-electron chi connectivity index (χ4n) is 1.90. The normalized spacial score (nSPS) is 34.1. The van der Waals surface area contributed by atoms with Crippen LogP contribution in [0.1, 0.15) is 6.23 Å². The van der Waals surface area contributed by atoms with Gasteiger partial charge >= 0.3 is 5.69 Å². The standard InChI is InChI=1S/C11H11ClN2O5/c1-2-11(5-15)8(17)7(12)9(19-11)14-4-3-6(16)13-10(14)18/h1,3-4,7-9,15,17H,5H2,(H,13,16,18)/t7-,8-,9+,11+/m0/s1. The van der Waals surface area contributed by atoms with Gasteiger partial charge in [-0.05, 0) is 0 Å². The third kappa shape index (κ3) is 2.09. The van der Waals surface area contributed by atoms with E-state index in [4.69, 9.17) is 22.8 Å². The molecule has 7 nitrogen and oxygen atoms in total. The summed E-state index contributed by atoms with van der Waals surface area (Å²) in [5.41, 5.74) is -3.00. The number of aromatic amines is 1. The third-order valence-electron chi connectivity index (χ3n) is 2.99. The van der Waals surface area contributed by atoms with Gasteiger partial charge in [-0.15, -0.1) is 18.0 Å². The van der Waals surface area contributed by atoms with Crippen LogP contribution in [0.25, 0.3) is 0 Å². The maximum atomic E-state index is 11.6. The van der Waals surface area contributed by atoms with E-state index in [1.54, 1.807) is 0 Å². The van der Waals surface area contributed by atoms with E-state index in [1.807, 2.05) is 4.98 Å². The van der Waals surface area contributed by atoms with Crippen LogP contribution in [0.4, 0.5) is 0 Å². The first-order valence-corrected chi connectivity index (χ1v) is 5.79. The summed E-state index contributed by atoms with van der Waals surface area (Å²) >= 11 is 5.98. The molecule has 1 saturated heterocycles. The first-order chi connectivity index (χ1) is 8.95. The average Bonchev–Trinajstić information content (AvgIpc) is 2.64. The van der Waals surface area contributed by atoms with Gasteiger partial charge in [-0.1, -0.05) is 5.92 Å². The van der Waals surface area contributed by atoms with Crippen LogP contribution in [0.15, 0.2) is 21.9 Å². The lowest BCUT2D eigenvalue weighted by atomic mass is 9.99. The number of rotatable bonds is 2. The highest BCUT2D eigenvalue weighted by atomic mass is 35.5. The van der Waals surface area contributed by atoms with Crippen LogP contribution in [0.2, 0.25) is 0 Å². The van der Waals surface area contributed by atoms with Gasteiger partial charge in [0.15, 0.2) is 11.8 Å². The number of halogens is 1. The van der Waals surface area contributed by atoms with Crippen molar-refractivity contribution in [2.24, 2.45) is 0 Å². The van der Waals surface area contributed by atoms with Gasteiger partial charge in [-0.3, -0.25) is 14.3 Å². The maximum Gasteiger partial charge on any atom is 0.330 e. The molecule has 4 atom stereocenters. The van der Waals surface area contributed by atoms with Crippen LogP contribution in [0.3, 0.4) is 0 Å². The highest BCUT2D eigenvalue weighted by Crippen LogP contribution is 2.39. The number of H-pyrrole nitrogens is 1. The second-order valence-electron chi connectivity index (χ2n) is 4.11. The molecule has 0 saturated carbocycles. The Labute approximate surface area is 112 Å². The molecule has 1 aromatic heterocycles. The lowest BCUT2D eigenvalue weighted by Crippen LogP contribution is -2.43. The second-order valence-corrected chi connectivity index (χ2v) is 4.61. The van der Waals surface area contributed by atoms with Crippen molar-refractivity contribution < 1.29 is 14.9 Å². The van der Waals surface area contributed by atoms with Crippen LogP contribution >= 0.6 is 11.6 Å². The van der Waals surface area contributed by atoms with Gasteiger partial charge in [-0.2, -0.15) is 0 Å². The van der Waals surface area contributed by atoms with Crippen molar-refractivity contribution in [3.05, 3.63) is 33.1 Å². The quantitative estimate of drug-likeness (QED) is 0.449. The molecule has 0 aliphatic carbocycles. The summed E-state index contributed by atoms with van der Waals surface area (Å²) in [5.74, 6) is 2.14. The van der Waals surface area contributed by atoms with Crippen LogP contribution < -0.4 is 11.2 Å². The van der Waals surface area contributed by atoms with Gasteiger partial charge in [0.2, 0.25) is 0 Å². The monoisotopic (exact) mass is 286 g/mol. The Hall–Kier alpha value is -1.59. The predicted molar refractivity (Wildman–Crippen MR) is 65.7 cm³/mol. The van der Waals surface area contributed by atoms with Crippen LogP contribution in [0.5, 0.6) is 0 Å². The Kier molecular flexibility index (Phi) is 3.52. The molecule has 2 heterocycles. The van der Waals surface area contributed by atoms with Crippen molar-refractivity contribution in [3.8, 4) is 12.3 Å². The van der Waals surface area contributed by atoms with E-state index in [-0.39, 0.29) is 0 Å². The molecular weight excluding hydrogens is 276 g/mol. The maximum absolute atomic E-state index is 11.6. The number of alkyl halides is 1. The molecule has 3 N–H and O–H groups in total. The molecule has 0 bridgehead atoms. The number of aliphatic hydroxyl groups is 2. The number of hydrogen-bond acceptors (Lipinski definition) is 5. The van der Waals surface area contributed by atoms with E-state index in [2.05, 4.69) is 5.92 Å². The van der Waals surface area contributed by atoms with Gasteiger partial charge in [0.25, 0.3) is 5.56 Å². The lowest BCUT2D eigenvalue weighted by molar-refractivity contribution is -0.0912. The van der Waals surface area contributed by atoms with E-state index in [0.717, 1.165) is 10.6 Å². The molecule has 0 spiro atoms. The minimum atomic E-state index is -1.67. The number of nitrogens with zero attached hydrogens (tertiary/aromatic N) is 1. The molecule has 0 amide bonds. The van der Waals surface area contributed by atoms with E-state index in [0.29, 0.717) is 0 Å². The highest BCUT2D eigenvalue weighted by molar-refractivity contribution is 6.21. The summed E-state index contributed by atoms with van der Waals surface area (Å²) in [6.07, 6.45) is 3.97. The molecular formula is C11H11ClN2O5. The lowest BCUT2D eigenvalue weighted by Gasteiger charge is -2.23. The molecule has 1 aromatic rings. The van der Waals surface area contributed by atoms with Gasteiger partial charge < -0.3 is 14.9 Å². The fourth-order valence-corrected chi connectivity index (χ4v) is 2.27. The van der Waals surface area contributed by atoms with Crippen molar-refractivity contribution >= 4 is 11.6 Å². The first kappa shape index (κ1) is 13.8. The predicted octanol–water partition coefficient (Wildman–Crippen LogP) is -1.60. The molecule has 8 heteroatoms. The minimum absolute atomic E-state index is 0.573. The summed E-state index contributed by atoms with van der Waals surface area (Å²) in [5, 5.41) is 18.1. The number of nitrogens with one attached hydrogen (secondary N) is 1. The van der Waals surface area contributed by atoms with Crippen molar-refractivity contribution in [2.75, 3.05) is 6.61 Å². The minimum Gasteiger partial charge on any atom is -0.392 e. The topological polar surface area (TPSA) is 105 Å². The first-order valence-electron chi connectivity index (χ1n) is 5.35. The molecule has 0 unspecified atom stereocenters. The Balaban J connectivity index is 2.46. The molecule has 2 rings (SSSR count). The number of hydrogen-bond donors (Lipinski definition) is 3. The number of aliphatic hydroxyl groups excluding tert-OH is 2. The van der Waals surface area contributed by atoms with Crippen molar-refractivity contribution in [1.82, 2.24) is 9.55 Å². The Bertz CT molecular complexity index is 633. The number of terminal acetylenes is 1. The molecule has 1 aliphatic heterocycles. The van der Waals surface area contributed by atoms with Crippen LogP contribution in [0, 0.1) is 12.3 Å². The molecule has 102 valence electrons. The Morgan fingerprint density at radius 1 is 1.63 bits per heavy atom. The van der Waals surface area contributed by atoms with E-state index in [9.17, 15) is 19.8 Å². The average molecular weight is 287 g/mol. The molecule has 0 aromatic carbocycles. The number of aromatic nitrogens is 2. The molecule has 0 radical (unpaired) electrons. The van der Waals surface area contributed by atoms with Gasteiger partial charge in [0.05, 0.1) is 6.61 Å². The molecule has 19 heavy (non-hydrogen) atoms. The van der Waals surface area contributed by atoms with Crippen LogP contribution in [-0.2, 0) is 4.74 Å². The highest BCUT2D eigenvalue weighted by Gasteiger charge is 2.54. The van der Waals surface area contributed by atoms with Gasteiger partial charge in [0.1, 0.15) is 11.5 Å².